The van der Waals surface area contributed by atoms with E-state index < -0.39 is 11.6 Å². The second-order valence-electron chi connectivity index (χ2n) is 11.6. The number of allylic oxidation sites excluding steroid dienone is 4. The Morgan fingerprint density at radius 2 is 1.47 bits per heavy atom. The molecule has 2 fully saturated rings. The summed E-state index contributed by atoms with van der Waals surface area (Å²) >= 11 is 0. The van der Waals surface area contributed by atoms with Gasteiger partial charge in [0.05, 0.1) is 6.61 Å². The minimum atomic E-state index is -1.02. The molecule has 0 saturated heterocycles. The first-order valence-corrected chi connectivity index (χ1v) is 14.8. The highest BCUT2D eigenvalue weighted by molar-refractivity contribution is 5.75. The molecule has 0 amide bonds. The van der Waals surface area contributed by atoms with E-state index in [9.17, 15) is 8.78 Å². The van der Waals surface area contributed by atoms with Crippen molar-refractivity contribution in [3.05, 3.63) is 77.4 Å². The second-order valence-corrected chi connectivity index (χ2v) is 11.6. The molecule has 38 heavy (non-hydrogen) atoms. The Hall–Kier alpha value is -2.62. The van der Waals surface area contributed by atoms with Crippen LogP contribution in [-0.4, -0.2) is 6.61 Å². The number of hydrogen-bond donors (Lipinski definition) is 0. The van der Waals surface area contributed by atoms with Crippen molar-refractivity contribution in [2.24, 2.45) is 29.6 Å². The molecule has 0 bridgehead atoms. The lowest BCUT2D eigenvalue weighted by molar-refractivity contribution is 0.0812. The van der Waals surface area contributed by atoms with Gasteiger partial charge in [-0.2, -0.15) is 8.78 Å². The van der Waals surface area contributed by atoms with Gasteiger partial charge in [-0.05, 0) is 104 Å². The maximum absolute atomic E-state index is 14.3. The number of halogens is 2. The van der Waals surface area contributed by atoms with Crippen molar-refractivity contribution in [1.29, 1.82) is 0 Å². The summed E-state index contributed by atoms with van der Waals surface area (Å²) in [4.78, 5) is 0. The molecule has 0 aromatic heterocycles. The largest absolute Gasteiger partial charge is 0.491 e. The van der Waals surface area contributed by atoms with E-state index in [0.29, 0.717) is 5.92 Å². The van der Waals surface area contributed by atoms with Crippen molar-refractivity contribution < 1.29 is 18.3 Å². The summed E-state index contributed by atoms with van der Waals surface area (Å²) in [5, 5.41) is 0. The Bertz CT molecular complexity index is 1140. The number of benzene rings is 2. The summed E-state index contributed by atoms with van der Waals surface area (Å²) in [7, 11) is 0. The molecular formula is C34H42F2O2. The molecule has 0 spiro atoms. The summed E-state index contributed by atoms with van der Waals surface area (Å²) in [6.45, 7) is 4.51. The van der Waals surface area contributed by atoms with E-state index in [4.69, 9.17) is 9.47 Å². The fraction of sp³-hybridized carbons (Fsp3) is 0.529. The summed E-state index contributed by atoms with van der Waals surface area (Å²) in [6, 6.07) is 11.0. The van der Waals surface area contributed by atoms with Crippen molar-refractivity contribution in [1.82, 2.24) is 0 Å². The Morgan fingerprint density at radius 3 is 2.16 bits per heavy atom. The molecule has 3 aliphatic carbocycles. The molecule has 5 rings (SSSR count). The van der Waals surface area contributed by atoms with Gasteiger partial charge in [-0.3, -0.25) is 0 Å². The van der Waals surface area contributed by atoms with Crippen LogP contribution in [0.2, 0.25) is 0 Å². The van der Waals surface area contributed by atoms with Crippen molar-refractivity contribution in [3.8, 4) is 11.5 Å². The van der Waals surface area contributed by atoms with Crippen LogP contribution in [0.1, 0.15) is 82.8 Å². The fourth-order valence-corrected chi connectivity index (χ4v) is 7.13. The predicted octanol–water partition coefficient (Wildman–Crippen LogP) is 9.53. The van der Waals surface area contributed by atoms with E-state index in [-0.39, 0.29) is 24.7 Å². The first kappa shape index (κ1) is 27.0. The first-order valence-electron chi connectivity index (χ1n) is 14.8. The lowest BCUT2D eigenvalue weighted by atomic mass is 9.62. The minimum Gasteiger partial charge on any atom is -0.491 e. The van der Waals surface area contributed by atoms with Crippen LogP contribution in [0.4, 0.5) is 8.78 Å². The minimum absolute atomic E-state index is 0.0972. The van der Waals surface area contributed by atoms with Crippen LogP contribution in [0, 0.1) is 41.2 Å². The fourth-order valence-electron chi connectivity index (χ4n) is 7.13. The number of hydrogen-bond acceptors (Lipinski definition) is 2. The standard InChI is InChI=1S/C34H42F2O2/c1-3-5-23-6-11-30-21-29(17-16-28(30)20-23)27-14-12-26(13-15-27)25-9-7-24(8-10-25)22-38-32-19-18-31(37-4-2)33(35)34(32)36/h7-10,12-14,18-19,23,27-30H,3-6,11,15-17,20-22H2,1-2H3. The zero-order valence-corrected chi connectivity index (χ0v) is 22.9. The summed E-state index contributed by atoms with van der Waals surface area (Å²) in [6.07, 6.45) is 19.7. The summed E-state index contributed by atoms with van der Waals surface area (Å²) in [5.41, 5.74) is 3.35. The van der Waals surface area contributed by atoms with E-state index in [0.717, 1.165) is 35.7 Å². The summed E-state index contributed by atoms with van der Waals surface area (Å²) in [5.74, 6) is 2.21. The highest BCUT2D eigenvalue weighted by Gasteiger charge is 2.37. The van der Waals surface area contributed by atoms with Crippen molar-refractivity contribution in [3.63, 3.8) is 0 Å². The van der Waals surface area contributed by atoms with Gasteiger partial charge in [-0.1, -0.05) is 68.7 Å². The van der Waals surface area contributed by atoms with Crippen LogP contribution in [0.15, 0.2) is 54.6 Å². The molecule has 5 atom stereocenters. The van der Waals surface area contributed by atoms with Gasteiger partial charge in [0.25, 0.3) is 0 Å². The van der Waals surface area contributed by atoms with E-state index in [2.05, 4.69) is 37.3 Å². The van der Waals surface area contributed by atoms with Gasteiger partial charge in [0.1, 0.15) is 6.61 Å². The van der Waals surface area contributed by atoms with Gasteiger partial charge in [-0.25, -0.2) is 0 Å². The molecule has 0 heterocycles. The number of ether oxygens (including phenoxy) is 2. The van der Waals surface area contributed by atoms with Crippen LogP contribution in [-0.2, 0) is 6.61 Å². The number of rotatable bonds is 9. The van der Waals surface area contributed by atoms with E-state index >= 15 is 0 Å². The molecule has 2 saturated carbocycles. The van der Waals surface area contributed by atoms with Crippen LogP contribution in [0.3, 0.4) is 0 Å². The highest BCUT2D eigenvalue weighted by atomic mass is 19.2. The Kier molecular flexibility index (Phi) is 8.86. The Morgan fingerprint density at radius 1 is 0.789 bits per heavy atom. The molecule has 3 aliphatic rings. The number of fused-ring (bicyclic) bond motifs is 1. The van der Waals surface area contributed by atoms with Gasteiger partial charge in [0.2, 0.25) is 11.6 Å². The van der Waals surface area contributed by atoms with Gasteiger partial charge in [0, 0.05) is 0 Å². The zero-order valence-electron chi connectivity index (χ0n) is 22.9. The lowest BCUT2D eigenvalue weighted by Crippen LogP contribution is -2.33. The first-order chi connectivity index (χ1) is 18.6. The van der Waals surface area contributed by atoms with Gasteiger partial charge in [0.15, 0.2) is 11.5 Å². The van der Waals surface area contributed by atoms with Crippen LogP contribution in [0.5, 0.6) is 11.5 Å². The third-order valence-corrected chi connectivity index (χ3v) is 9.19. The van der Waals surface area contributed by atoms with Crippen LogP contribution >= 0.6 is 0 Å². The third kappa shape index (κ3) is 6.16. The molecule has 0 radical (unpaired) electrons. The maximum atomic E-state index is 14.3. The average Bonchev–Trinajstić information content (AvgIpc) is 2.95. The van der Waals surface area contributed by atoms with Crippen molar-refractivity contribution in [2.45, 2.75) is 78.2 Å². The van der Waals surface area contributed by atoms with Crippen LogP contribution in [0.25, 0.3) is 5.57 Å². The van der Waals surface area contributed by atoms with Crippen molar-refractivity contribution in [2.75, 3.05) is 6.61 Å². The quantitative estimate of drug-likeness (QED) is 0.328. The molecule has 5 unspecified atom stereocenters. The van der Waals surface area contributed by atoms with Gasteiger partial charge >= 0.3 is 0 Å². The normalized spacial score (nSPS) is 26.9. The highest BCUT2D eigenvalue weighted by Crippen LogP contribution is 2.48. The SMILES string of the molecule is CCCC1CCC2CC(C3C=CC(c4ccc(COc5ccc(OCC)c(F)c5F)cc4)=CC3)CCC2C1. The molecule has 0 N–H and O–H groups in total. The van der Waals surface area contributed by atoms with Gasteiger partial charge in [-0.15, -0.1) is 0 Å². The smallest absolute Gasteiger partial charge is 0.204 e. The second kappa shape index (κ2) is 12.5. The van der Waals surface area contributed by atoms with Crippen molar-refractivity contribution >= 4 is 5.57 Å². The van der Waals surface area contributed by atoms with Crippen LogP contribution < -0.4 is 9.47 Å². The maximum Gasteiger partial charge on any atom is 0.204 e. The van der Waals surface area contributed by atoms with E-state index in [1.54, 1.807) is 6.92 Å². The monoisotopic (exact) mass is 520 g/mol. The Labute approximate surface area is 227 Å². The lowest BCUT2D eigenvalue weighted by Gasteiger charge is -2.44. The molecule has 2 aromatic carbocycles. The summed E-state index contributed by atoms with van der Waals surface area (Å²) < 4.78 is 39.0. The Balaban J connectivity index is 1.12. The van der Waals surface area contributed by atoms with Gasteiger partial charge < -0.3 is 9.47 Å². The molecule has 2 aromatic rings. The van der Waals surface area contributed by atoms with E-state index in [1.807, 2.05) is 12.1 Å². The van der Waals surface area contributed by atoms with E-state index in [1.165, 1.54) is 74.6 Å². The molecular weight excluding hydrogens is 478 g/mol. The molecule has 2 nitrogen and oxygen atoms in total. The molecule has 0 aliphatic heterocycles. The third-order valence-electron chi connectivity index (χ3n) is 9.19. The topological polar surface area (TPSA) is 18.5 Å². The zero-order chi connectivity index (χ0) is 26.5. The predicted molar refractivity (Wildman–Crippen MR) is 150 cm³/mol. The molecule has 4 heteroatoms. The molecule has 204 valence electrons. The average molecular weight is 521 g/mol.